The van der Waals surface area contributed by atoms with E-state index in [-0.39, 0.29) is 17.7 Å². The van der Waals surface area contributed by atoms with Crippen LogP contribution in [0.2, 0.25) is 0 Å². The molecule has 0 saturated heterocycles. The summed E-state index contributed by atoms with van der Waals surface area (Å²) in [5.74, 6) is -0.209. The van der Waals surface area contributed by atoms with Gasteiger partial charge in [-0.2, -0.15) is 0 Å². The lowest BCUT2D eigenvalue weighted by Crippen LogP contribution is -2.13. The standard InChI is InChI=1S/C9H16N4O3S2/c1-6(3-4-18(2)16)13-8(10)11-12-9(13)17-5-7(14)15/h6H,3-5H2,1-2H3,(H2,10,11)(H,14,15). The first-order valence-electron chi connectivity index (χ1n) is 5.26. The van der Waals surface area contributed by atoms with Crippen molar-refractivity contribution in [2.45, 2.75) is 24.5 Å². The Kier molecular flexibility index (Phi) is 5.60. The number of rotatable bonds is 7. The number of hydrogen-bond donors (Lipinski definition) is 2. The van der Waals surface area contributed by atoms with Crippen LogP contribution in [0.15, 0.2) is 5.16 Å². The maximum Gasteiger partial charge on any atom is 0.313 e. The maximum absolute atomic E-state index is 11.1. The molecule has 18 heavy (non-hydrogen) atoms. The number of aromatic nitrogens is 3. The summed E-state index contributed by atoms with van der Waals surface area (Å²) in [4.78, 5) is 10.5. The number of nitrogens with zero attached hydrogens (tertiary/aromatic N) is 3. The molecule has 0 aliphatic carbocycles. The van der Waals surface area contributed by atoms with Gasteiger partial charge in [-0.3, -0.25) is 13.6 Å². The quantitative estimate of drug-likeness (QED) is 0.698. The number of thioether (sulfide) groups is 1. The highest BCUT2D eigenvalue weighted by atomic mass is 32.2. The first kappa shape index (κ1) is 15.0. The molecule has 1 heterocycles. The fraction of sp³-hybridized carbons (Fsp3) is 0.667. The minimum atomic E-state index is -0.921. The highest BCUT2D eigenvalue weighted by Gasteiger charge is 2.17. The van der Waals surface area contributed by atoms with E-state index in [1.807, 2.05) is 6.92 Å². The Hall–Kier alpha value is -1.09. The summed E-state index contributed by atoms with van der Waals surface area (Å²) in [6, 6.07) is -0.0137. The SMILES string of the molecule is CC(CCS(C)=O)n1c(N)nnc1SCC(=O)O. The van der Waals surface area contributed by atoms with Crippen molar-refractivity contribution in [3.8, 4) is 0 Å². The number of nitrogens with two attached hydrogens (primary N) is 1. The summed E-state index contributed by atoms with van der Waals surface area (Å²) >= 11 is 1.07. The molecule has 0 spiro atoms. The van der Waals surface area contributed by atoms with E-state index in [1.165, 1.54) is 0 Å². The number of anilines is 1. The van der Waals surface area contributed by atoms with Gasteiger partial charge in [0, 0.05) is 28.9 Å². The van der Waals surface area contributed by atoms with Gasteiger partial charge in [0.15, 0.2) is 5.16 Å². The Morgan fingerprint density at radius 3 is 2.83 bits per heavy atom. The molecule has 1 aromatic rings. The second kappa shape index (κ2) is 6.74. The van der Waals surface area contributed by atoms with Crippen LogP contribution in [0.4, 0.5) is 5.95 Å². The lowest BCUT2D eigenvalue weighted by molar-refractivity contribution is -0.133. The Bertz CT molecular complexity index is 449. The molecule has 0 aliphatic heterocycles. The van der Waals surface area contributed by atoms with Crippen molar-refractivity contribution in [1.82, 2.24) is 14.8 Å². The van der Waals surface area contributed by atoms with Crippen LogP contribution in [0.1, 0.15) is 19.4 Å². The molecular weight excluding hydrogens is 276 g/mol. The molecule has 2 atom stereocenters. The monoisotopic (exact) mass is 292 g/mol. The number of hydrogen-bond acceptors (Lipinski definition) is 6. The minimum absolute atomic E-state index is 0.0137. The summed E-state index contributed by atoms with van der Waals surface area (Å²) < 4.78 is 12.7. The minimum Gasteiger partial charge on any atom is -0.481 e. The second-order valence-electron chi connectivity index (χ2n) is 3.81. The molecule has 0 aliphatic rings. The maximum atomic E-state index is 11.1. The Labute approximate surface area is 112 Å². The topological polar surface area (TPSA) is 111 Å². The third-order valence-corrected chi connectivity index (χ3v) is 4.02. The predicted octanol–water partition coefficient (Wildman–Crippen LogP) is 0.367. The Balaban J connectivity index is 2.76. The second-order valence-corrected chi connectivity index (χ2v) is 6.31. The fourth-order valence-corrected chi connectivity index (χ4v) is 2.83. The summed E-state index contributed by atoms with van der Waals surface area (Å²) in [5.41, 5.74) is 5.71. The zero-order valence-corrected chi connectivity index (χ0v) is 11.8. The molecule has 9 heteroatoms. The summed E-state index contributed by atoms with van der Waals surface area (Å²) in [5, 5.41) is 16.7. The van der Waals surface area contributed by atoms with Crippen molar-refractivity contribution in [2.24, 2.45) is 0 Å². The molecule has 0 bridgehead atoms. The molecule has 0 aromatic carbocycles. The number of carboxylic acids is 1. The van der Waals surface area contributed by atoms with Crippen LogP contribution in [0.25, 0.3) is 0 Å². The summed E-state index contributed by atoms with van der Waals surface area (Å²) in [7, 11) is -0.868. The van der Waals surface area contributed by atoms with Gasteiger partial charge in [-0.15, -0.1) is 10.2 Å². The highest BCUT2D eigenvalue weighted by Crippen LogP contribution is 2.24. The number of carboxylic acid groups (broad SMARTS) is 1. The van der Waals surface area contributed by atoms with Crippen molar-refractivity contribution in [3.05, 3.63) is 0 Å². The molecule has 0 radical (unpaired) electrons. The smallest absolute Gasteiger partial charge is 0.313 e. The predicted molar refractivity (Wildman–Crippen MR) is 71.1 cm³/mol. The number of aliphatic carboxylic acids is 1. The van der Waals surface area contributed by atoms with Gasteiger partial charge in [0.05, 0.1) is 5.75 Å². The third kappa shape index (κ3) is 4.30. The largest absolute Gasteiger partial charge is 0.481 e. The number of nitrogen functional groups attached to an aromatic ring is 1. The lowest BCUT2D eigenvalue weighted by atomic mass is 10.2. The lowest BCUT2D eigenvalue weighted by Gasteiger charge is -2.15. The van der Waals surface area contributed by atoms with Crippen LogP contribution in [0.5, 0.6) is 0 Å². The van der Waals surface area contributed by atoms with E-state index in [0.29, 0.717) is 17.3 Å². The first-order chi connectivity index (χ1) is 8.41. The van der Waals surface area contributed by atoms with Crippen LogP contribution in [-0.2, 0) is 15.6 Å². The Morgan fingerprint density at radius 1 is 1.61 bits per heavy atom. The van der Waals surface area contributed by atoms with E-state index in [4.69, 9.17) is 10.8 Å². The summed E-state index contributed by atoms with van der Waals surface area (Å²) in [6.07, 6.45) is 2.31. The summed E-state index contributed by atoms with van der Waals surface area (Å²) in [6.45, 7) is 1.91. The van der Waals surface area contributed by atoms with E-state index < -0.39 is 16.8 Å². The van der Waals surface area contributed by atoms with Crippen LogP contribution in [-0.4, -0.2) is 47.8 Å². The molecule has 102 valence electrons. The molecule has 1 rings (SSSR count). The van der Waals surface area contributed by atoms with Gasteiger partial charge in [0.25, 0.3) is 0 Å². The van der Waals surface area contributed by atoms with E-state index in [9.17, 15) is 9.00 Å². The molecule has 0 fully saturated rings. The molecule has 0 amide bonds. The van der Waals surface area contributed by atoms with E-state index in [0.717, 1.165) is 11.8 Å². The average Bonchev–Trinajstić information content (AvgIpc) is 2.64. The molecule has 3 N–H and O–H groups in total. The third-order valence-electron chi connectivity index (χ3n) is 2.28. The van der Waals surface area contributed by atoms with Gasteiger partial charge in [-0.05, 0) is 13.3 Å². The van der Waals surface area contributed by atoms with Crippen molar-refractivity contribution < 1.29 is 14.1 Å². The van der Waals surface area contributed by atoms with Crippen LogP contribution in [0, 0.1) is 0 Å². The van der Waals surface area contributed by atoms with Crippen LogP contribution < -0.4 is 5.73 Å². The van der Waals surface area contributed by atoms with Crippen LogP contribution >= 0.6 is 11.8 Å². The highest BCUT2D eigenvalue weighted by molar-refractivity contribution is 7.99. The van der Waals surface area contributed by atoms with Crippen molar-refractivity contribution in [1.29, 1.82) is 0 Å². The fourth-order valence-electron chi connectivity index (χ4n) is 1.39. The van der Waals surface area contributed by atoms with Gasteiger partial charge in [0.2, 0.25) is 5.95 Å². The van der Waals surface area contributed by atoms with Crippen molar-refractivity contribution in [3.63, 3.8) is 0 Å². The van der Waals surface area contributed by atoms with E-state index in [1.54, 1.807) is 10.8 Å². The zero-order valence-electron chi connectivity index (χ0n) is 10.2. The molecular formula is C9H16N4O3S2. The molecule has 7 nitrogen and oxygen atoms in total. The average molecular weight is 292 g/mol. The van der Waals surface area contributed by atoms with Crippen LogP contribution in [0.3, 0.4) is 0 Å². The van der Waals surface area contributed by atoms with Gasteiger partial charge in [-0.1, -0.05) is 11.8 Å². The normalized spacial score (nSPS) is 14.3. The molecule has 2 unspecified atom stereocenters. The molecule has 1 aromatic heterocycles. The molecule has 0 saturated carbocycles. The van der Waals surface area contributed by atoms with Gasteiger partial charge in [0.1, 0.15) is 0 Å². The van der Waals surface area contributed by atoms with Gasteiger partial charge in [-0.25, -0.2) is 0 Å². The first-order valence-corrected chi connectivity index (χ1v) is 7.98. The van der Waals surface area contributed by atoms with Gasteiger partial charge >= 0.3 is 5.97 Å². The van der Waals surface area contributed by atoms with E-state index in [2.05, 4.69) is 10.2 Å². The van der Waals surface area contributed by atoms with Crippen molar-refractivity contribution >= 4 is 34.5 Å². The van der Waals surface area contributed by atoms with E-state index >= 15 is 0 Å². The zero-order chi connectivity index (χ0) is 13.7. The van der Waals surface area contributed by atoms with Gasteiger partial charge < -0.3 is 10.8 Å². The number of carbonyl (C=O) groups is 1. The van der Waals surface area contributed by atoms with Crippen molar-refractivity contribution in [2.75, 3.05) is 23.5 Å². The Morgan fingerprint density at radius 2 is 2.28 bits per heavy atom.